The van der Waals surface area contributed by atoms with E-state index in [0.29, 0.717) is 29.3 Å². The fourth-order valence-corrected chi connectivity index (χ4v) is 7.63. The molecule has 0 amide bonds. The number of carbonyl (C=O) groups is 1. The summed E-state index contributed by atoms with van der Waals surface area (Å²) in [4.78, 5) is 26.5. The molecule has 1 aromatic heterocycles. The Morgan fingerprint density at radius 1 is 1.04 bits per heavy atom. The summed E-state index contributed by atoms with van der Waals surface area (Å²) in [6, 6.07) is 15.4. The fraction of sp³-hybridized carbons (Fsp3) is 0.333. The van der Waals surface area contributed by atoms with E-state index in [-0.39, 0.29) is 41.4 Å². The molecule has 2 heterocycles. The van der Waals surface area contributed by atoms with E-state index in [1.807, 2.05) is 30.3 Å². The first-order chi connectivity index (χ1) is 23.0. The second-order valence-corrected chi connectivity index (χ2v) is 12.4. The van der Waals surface area contributed by atoms with E-state index < -0.39 is 53.0 Å². The second-order valence-electron chi connectivity index (χ2n) is 11.4. The molecule has 254 valence electrons. The number of ether oxygens (including phenoxy) is 2. The molecule has 0 aliphatic carbocycles. The maximum Gasteiger partial charge on any atom is 0.416 e. The lowest BCUT2D eigenvalue weighted by atomic mass is 9.91. The lowest BCUT2D eigenvalue weighted by Gasteiger charge is -2.28. The van der Waals surface area contributed by atoms with Gasteiger partial charge in [0.05, 0.1) is 42.0 Å². The number of halogens is 5. The third-order valence-corrected chi connectivity index (χ3v) is 9.69. The highest BCUT2D eigenvalue weighted by atomic mass is 32.2. The fourth-order valence-electron chi connectivity index (χ4n) is 6.20. The number of rotatable bonds is 12. The minimum absolute atomic E-state index is 0.0447. The Balaban J connectivity index is 1.69. The van der Waals surface area contributed by atoms with E-state index in [9.17, 15) is 22.8 Å². The predicted molar refractivity (Wildman–Crippen MR) is 174 cm³/mol. The van der Waals surface area contributed by atoms with Gasteiger partial charge in [-0.05, 0) is 61.7 Å². The van der Waals surface area contributed by atoms with Crippen molar-refractivity contribution in [1.29, 1.82) is 0 Å². The van der Waals surface area contributed by atoms with Crippen LogP contribution in [0.25, 0.3) is 11.1 Å². The minimum atomic E-state index is -4.83. The molecule has 4 aromatic rings. The van der Waals surface area contributed by atoms with Crippen molar-refractivity contribution in [1.82, 2.24) is 9.88 Å². The van der Waals surface area contributed by atoms with Crippen LogP contribution in [0.3, 0.4) is 0 Å². The number of benzene rings is 3. The molecule has 3 aromatic carbocycles. The molecule has 1 aliphatic heterocycles. The zero-order valence-corrected chi connectivity index (χ0v) is 27.4. The van der Waals surface area contributed by atoms with Crippen LogP contribution in [0, 0.1) is 18.6 Å². The van der Waals surface area contributed by atoms with Crippen LogP contribution < -0.4 is 15.6 Å². The number of aromatic nitrogens is 1. The van der Waals surface area contributed by atoms with Gasteiger partial charge in [-0.2, -0.15) is 13.2 Å². The molecule has 1 aliphatic rings. The van der Waals surface area contributed by atoms with Gasteiger partial charge in [-0.3, -0.25) is 14.2 Å². The van der Waals surface area contributed by atoms with Crippen molar-refractivity contribution in [2.24, 2.45) is 0 Å². The molecule has 0 bridgehead atoms. The number of pyridine rings is 1. The van der Waals surface area contributed by atoms with E-state index in [0.717, 1.165) is 23.8 Å². The number of carbonyl (C=O) groups excluding carboxylic acids is 1. The number of thioether (sulfide) groups is 1. The van der Waals surface area contributed by atoms with Crippen molar-refractivity contribution in [3.05, 3.63) is 117 Å². The maximum absolute atomic E-state index is 15.8. The van der Waals surface area contributed by atoms with Crippen molar-refractivity contribution >= 4 is 17.7 Å². The molecule has 0 radical (unpaired) electrons. The van der Waals surface area contributed by atoms with Crippen molar-refractivity contribution in [2.75, 3.05) is 26.0 Å². The average Bonchev–Trinajstić information content (AvgIpc) is 3.49. The maximum atomic E-state index is 15.8. The van der Waals surface area contributed by atoms with E-state index in [2.05, 4.69) is 5.32 Å². The molecule has 2 atom stereocenters. The second kappa shape index (κ2) is 14.9. The van der Waals surface area contributed by atoms with E-state index in [4.69, 9.17) is 9.47 Å². The number of nitrogens with zero attached hydrogens (tertiary/aromatic N) is 1. The SMILES string of the molecule is CCOC(=O)CCCNC(c1ccccc1)C1CSc2c(Cc3c(F)cccc3C(F)(F)F)c(C)c(-c3cccc(OC)c3F)c(=O)n21. The summed E-state index contributed by atoms with van der Waals surface area (Å²) in [5, 5.41) is 3.86. The lowest BCUT2D eigenvalue weighted by molar-refractivity contribution is -0.143. The summed E-state index contributed by atoms with van der Waals surface area (Å²) in [6.07, 6.45) is -4.67. The summed E-state index contributed by atoms with van der Waals surface area (Å²) < 4.78 is 85.1. The minimum Gasteiger partial charge on any atom is -0.494 e. The molecule has 1 N–H and O–H groups in total. The zero-order chi connectivity index (χ0) is 34.6. The summed E-state index contributed by atoms with van der Waals surface area (Å²) in [5.74, 6) is -1.92. The van der Waals surface area contributed by atoms with Gasteiger partial charge in [0.1, 0.15) is 5.82 Å². The number of esters is 1. The molecule has 0 fully saturated rings. The Kier molecular flexibility index (Phi) is 10.9. The predicted octanol–water partition coefficient (Wildman–Crippen LogP) is 8.04. The summed E-state index contributed by atoms with van der Waals surface area (Å²) in [7, 11) is 1.29. The van der Waals surface area contributed by atoms with Gasteiger partial charge >= 0.3 is 12.1 Å². The van der Waals surface area contributed by atoms with Crippen molar-refractivity contribution in [2.45, 2.75) is 56.4 Å². The number of fused-ring (bicyclic) bond motifs is 1. The van der Waals surface area contributed by atoms with Crippen molar-refractivity contribution in [3.63, 3.8) is 0 Å². The molecule has 48 heavy (non-hydrogen) atoms. The van der Waals surface area contributed by atoms with Gasteiger partial charge in [-0.1, -0.05) is 48.5 Å². The first-order valence-electron chi connectivity index (χ1n) is 15.5. The Morgan fingerprint density at radius 2 is 1.77 bits per heavy atom. The molecule has 0 saturated carbocycles. The van der Waals surface area contributed by atoms with E-state index >= 15 is 8.78 Å². The van der Waals surface area contributed by atoms with Crippen LogP contribution in [0.1, 0.15) is 59.7 Å². The number of hydrogen-bond acceptors (Lipinski definition) is 6. The Bertz CT molecular complexity index is 1850. The molecular formula is C36H35F5N2O4S. The first-order valence-corrected chi connectivity index (χ1v) is 16.5. The third kappa shape index (κ3) is 7.14. The highest BCUT2D eigenvalue weighted by molar-refractivity contribution is 7.99. The van der Waals surface area contributed by atoms with Crippen LogP contribution in [0.5, 0.6) is 5.75 Å². The van der Waals surface area contributed by atoms with Crippen molar-refractivity contribution in [3.8, 4) is 16.9 Å². The lowest BCUT2D eigenvalue weighted by Crippen LogP contribution is -2.36. The smallest absolute Gasteiger partial charge is 0.416 e. The molecule has 2 unspecified atom stereocenters. The average molecular weight is 687 g/mol. The summed E-state index contributed by atoms with van der Waals surface area (Å²) >= 11 is 1.29. The van der Waals surface area contributed by atoms with Crippen molar-refractivity contribution < 1.29 is 36.2 Å². The van der Waals surface area contributed by atoms with Crippen LogP contribution in [0.15, 0.2) is 76.6 Å². The van der Waals surface area contributed by atoms with Gasteiger partial charge in [0.25, 0.3) is 5.56 Å². The Hall–Kier alpha value is -4.16. The molecule has 0 spiro atoms. The number of alkyl halides is 3. The van der Waals surface area contributed by atoms with Gasteiger partial charge in [-0.15, -0.1) is 11.8 Å². The number of methoxy groups -OCH3 is 1. The molecular weight excluding hydrogens is 651 g/mol. The molecule has 5 rings (SSSR count). The Labute approximate surface area is 279 Å². The first kappa shape index (κ1) is 35.2. The largest absolute Gasteiger partial charge is 0.494 e. The Morgan fingerprint density at radius 3 is 2.46 bits per heavy atom. The topological polar surface area (TPSA) is 69.6 Å². The zero-order valence-electron chi connectivity index (χ0n) is 26.6. The van der Waals surface area contributed by atoms with Crippen LogP contribution in [0.2, 0.25) is 0 Å². The summed E-state index contributed by atoms with van der Waals surface area (Å²) in [5.41, 5.74) is -0.955. The van der Waals surface area contributed by atoms with Gasteiger partial charge in [-0.25, -0.2) is 8.78 Å². The summed E-state index contributed by atoms with van der Waals surface area (Å²) in [6.45, 7) is 3.94. The quantitative estimate of drug-likeness (QED) is 0.0925. The monoisotopic (exact) mass is 686 g/mol. The third-order valence-electron chi connectivity index (χ3n) is 8.46. The highest BCUT2D eigenvalue weighted by Gasteiger charge is 2.38. The van der Waals surface area contributed by atoms with Crippen LogP contribution in [0.4, 0.5) is 22.0 Å². The van der Waals surface area contributed by atoms with Gasteiger partial charge in [0, 0.05) is 29.7 Å². The van der Waals surface area contributed by atoms with Gasteiger partial charge < -0.3 is 14.8 Å². The van der Waals surface area contributed by atoms with E-state index in [1.165, 1.54) is 41.6 Å². The molecule has 0 saturated heterocycles. The normalized spacial score (nSPS) is 14.9. The van der Waals surface area contributed by atoms with Crippen LogP contribution >= 0.6 is 11.8 Å². The standard InChI is InChI=1S/C36H35F5N2O4S/c1-4-47-30(44)17-10-18-42-33(22-11-6-5-7-12-22)28-20-48-35-24(19-25-26(36(39,40)41)14-9-15-27(25)37)21(2)31(34(45)43(28)35)23-13-8-16-29(46-3)32(23)38/h5-9,11-16,28,33,42H,4,10,17-20H2,1-3H3. The van der Waals surface area contributed by atoms with Crippen LogP contribution in [-0.2, 0) is 22.1 Å². The highest BCUT2D eigenvalue weighted by Crippen LogP contribution is 2.45. The van der Waals surface area contributed by atoms with E-state index in [1.54, 1.807) is 13.8 Å². The molecule has 12 heteroatoms. The molecule has 6 nitrogen and oxygen atoms in total. The van der Waals surface area contributed by atoms with Gasteiger partial charge in [0.2, 0.25) is 0 Å². The number of nitrogens with one attached hydrogen (secondary N) is 1. The van der Waals surface area contributed by atoms with Gasteiger partial charge in [0.15, 0.2) is 11.6 Å². The van der Waals surface area contributed by atoms with Crippen LogP contribution in [-0.4, -0.2) is 36.6 Å². The number of hydrogen-bond donors (Lipinski definition) is 1.